The fourth-order valence-corrected chi connectivity index (χ4v) is 5.16. The van der Waals surface area contributed by atoms with Crippen LogP contribution in [0.2, 0.25) is 10.0 Å². The first-order valence-electron chi connectivity index (χ1n) is 9.35. The predicted octanol–water partition coefficient (Wildman–Crippen LogP) is 3.97. The molecule has 166 valence electrons. The zero-order valence-corrected chi connectivity index (χ0v) is 19.7. The van der Waals surface area contributed by atoms with Crippen molar-refractivity contribution in [3.05, 3.63) is 51.9 Å². The number of benzene rings is 1. The third kappa shape index (κ3) is 6.21. The molecule has 1 amide bonds. The van der Waals surface area contributed by atoms with Gasteiger partial charge in [0.05, 0.1) is 24.7 Å². The summed E-state index contributed by atoms with van der Waals surface area (Å²) in [5, 5.41) is 0.280. The zero-order chi connectivity index (χ0) is 22.5. The van der Waals surface area contributed by atoms with Gasteiger partial charge < -0.3 is 14.1 Å². The van der Waals surface area contributed by atoms with Crippen molar-refractivity contribution in [3.8, 4) is 0 Å². The smallest absolute Gasteiger partial charge is 0.245 e. The second-order valence-corrected chi connectivity index (χ2v) is 9.74. The maximum atomic E-state index is 13.2. The molecule has 0 atom stereocenters. The molecule has 0 unspecified atom stereocenters. The topological polar surface area (TPSA) is 80.1 Å². The number of hydrogen-bond donors (Lipinski definition) is 0. The van der Waals surface area contributed by atoms with Crippen LogP contribution in [-0.4, -0.2) is 56.4 Å². The Morgan fingerprint density at radius 3 is 2.47 bits per heavy atom. The molecule has 0 bridgehead atoms. The molecule has 10 heteroatoms. The summed E-state index contributed by atoms with van der Waals surface area (Å²) >= 11 is 12.1. The van der Waals surface area contributed by atoms with E-state index in [9.17, 15) is 13.2 Å². The molecule has 30 heavy (non-hydrogen) atoms. The second-order valence-electron chi connectivity index (χ2n) is 7.04. The summed E-state index contributed by atoms with van der Waals surface area (Å²) in [6, 6.07) is 7.32. The lowest BCUT2D eigenvalue weighted by Gasteiger charge is -2.29. The van der Waals surface area contributed by atoms with Crippen molar-refractivity contribution in [2.45, 2.75) is 38.3 Å². The van der Waals surface area contributed by atoms with Gasteiger partial charge in [0.15, 0.2) is 0 Å². The Kier molecular flexibility index (Phi) is 8.75. The quantitative estimate of drug-likeness (QED) is 0.518. The van der Waals surface area contributed by atoms with E-state index in [2.05, 4.69) is 0 Å². The SMILES string of the molecule is COCCN(Cc1ccc(C)o1)C(=O)CN(C(C)C)S(=O)(=O)c1cc(Cl)ccc1Cl. The van der Waals surface area contributed by atoms with Gasteiger partial charge in [-0.3, -0.25) is 4.79 Å². The van der Waals surface area contributed by atoms with Gasteiger partial charge in [-0.1, -0.05) is 23.2 Å². The number of aryl methyl sites for hydroxylation is 1. The van der Waals surface area contributed by atoms with E-state index < -0.39 is 16.1 Å². The van der Waals surface area contributed by atoms with E-state index in [1.165, 1.54) is 30.2 Å². The van der Waals surface area contributed by atoms with Gasteiger partial charge in [-0.15, -0.1) is 0 Å². The highest BCUT2D eigenvalue weighted by Crippen LogP contribution is 2.28. The Morgan fingerprint density at radius 1 is 1.20 bits per heavy atom. The van der Waals surface area contributed by atoms with E-state index in [4.69, 9.17) is 32.4 Å². The van der Waals surface area contributed by atoms with Crippen molar-refractivity contribution in [2.24, 2.45) is 0 Å². The number of sulfonamides is 1. The summed E-state index contributed by atoms with van der Waals surface area (Å²) in [5.41, 5.74) is 0. The first-order valence-corrected chi connectivity index (χ1v) is 11.5. The van der Waals surface area contributed by atoms with Crippen molar-refractivity contribution in [2.75, 3.05) is 26.8 Å². The van der Waals surface area contributed by atoms with Crippen LogP contribution in [0.4, 0.5) is 0 Å². The van der Waals surface area contributed by atoms with Crippen molar-refractivity contribution in [1.82, 2.24) is 9.21 Å². The molecule has 0 spiro atoms. The highest BCUT2D eigenvalue weighted by atomic mass is 35.5. The molecule has 0 fully saturated rings. The molecule has 2 aromatic rings. The Morgan fingerprint density at radius 2 is 1.90 bits per heavy atom. The van der Waals surface area contributed by atoms with Crippen LogP contribution in [0.15, 0.2) is 39.6 Å². The number of nitrogens with zero attached hydrogens (tertiary/aromatic N) is 2. The molecule has 0 saturated carbocycles. The molecule has 1 aromatic heterocycles. The lowest BCUT2D eigenvalue weighted by Crippen LogP contribution is -2.46. The number of methoxy groups -OCH3 is 1. The summed E-state index contributed by atoms with van der Waals surface area (Å²) in [6.45, 7) is 5.65. The monoisotopic (exact) mass is 476 g/mol. The Labute approximate surface area is 187 Å². The van der Waals surface area contributed by atoms with Crippen molar-refractivity contribution < 1.29 is 22.4 Å². The standard InChI is InChI=1S/C20H26Cl2N2O5S/c1-14(2)24(30(26,27)19-11-16(21)6-8-18(19)22)13-20(25)23(9-10-28-4)12-17-7-5-15(3)29-17/h5-8,11,14H,9-10,12-13H2,1-4H3. The summed E-state index contributed by atoms with van der Waals surface area (Å²) in [7, 11) is -2.52. The summed E-state index contributed by atoms with van der Waals surface area (Å²) in [4.78, 5) is 14.4. The third-order valence-electron chi connectivity index (χ3n) is 4.41. The number of carbonyl (C=O) groups excluding carboxylic acids is 1. The van der Waals surface area contributed by atoms with Crippen molar-refractivity contribution >= 4 is 39.1 Å². The molecule has 1 aromatic carbocycles. The van der Waals surface area contributed by atoms with Crippen LogP contribution in [0.25, 0.3) is 0 Å². The average Bonchev–Trinajstić information content (AvgIpc) is 3.09. The lowest BCUT2D eigenvalue weighted by atomic mass is 10.3. The molecular weight excluding hydrogens is 451 g/mol. The van der Waals surface area contributed by atoms with Gasteiger partial charge >= 0.3 is 0 Å². The first-order chi connectivity index (χ1) is 14.1. The van der Waals surface area contributed by atoms with E-state index in [0.29, 0.717) is 18.9 Å². The lowest BCUT2D eigenvalue weighted by molar-refractivity contribution is -0.133. The third-order valence-corrected chi connectivity index (χ3v) is 7.15. The summed E-state index contributed by atoms with van der Waals surface area (Å²) in [6.07, 6.45) is 0. The van der Waals surface area contributed by atoms with Gasteiger partial charge in [0.2, 0.25) is 15.9 Å². The van der Waals surface area contributed by atoms with Crippen LogP contribution in [-0.2, 0) is 26.1 Å². The fourth-order valence-electron chi connectivity index (χ4n) is 2.83. The number of ether oxygens (including phenoxy) is 1. The van der Waals surface area contributed by atoms with Crippen LogP contribution in [0.1, 0.15) is 25.4 Å². The van der Waals surface area contributed by atoms with Crippen LogP contribution in [0, 0.1) is 6.92 Å². The molecule has 0 saturated heterocycles. The van der Waals surface area contributed by atoms with Crippen LogP contribution < -0.4 is 0 Å². The highest BCUT2D eigenvalue weighted by molar-refractivity contribution is 7.89. The molecule has 0 aliphatic carbocycles. The van der Waals surface area contributed by atoms with Crippen molar-refractivity contribution in [1.29, 1.82) is 0 Å². The number of furan rings is 1. The van der Waals surface area contributed by atoms with Gasteiger partial charge in [-0.05, 0) is 51.1 Å². The van der Waals surface area contributed by atoms with Gasteiger partial charge in [-0.25, -0.2) is 8.42 Å². The minimum absolute atomic E-state index is 0.0415. The van der Waals surface area contributed by atoms with Gasteiger partial charge in [0, 0.05) is 24.7 Å². The largest absolute Gasteiger partial charge is 0.464 e. The van der Waals surface area contributed by atoms with E-state index in [-0.39, 0.29) is 33.9 Å². The molecule has 0 radical (unpaired) electrons. The van der Waals surface area contributed by atoms with E-state index >= 15 is 0 Å². The number of carbonyl (C=O) groups is 1. The summed E-state index contributed by atoms with van der Waals surface area (Å²) < 4.78 is 38.3. The Balaban J connectivity index is 2.30. The number of halogens is 2. The van der Waals surface area contributed by atoms with Gasteiger partial charge in [0.1, 0.15) is 16.4 Å². The normalized spacial score (nSPS) is 12.0. The second kappa shape index (κ2) is 10.6. The van der Waals surface area contributed by atoms with E-state index in [1.54, 1.807) is 26.0 Å². The van der Waals surface area contributed by atoms with Gasteiger partial charge in [0.25, 0.3) is 0 Å². The maximum absolute atomic E-state index is 13.2. The summed E-state index contributed by atoms with van der Waals surface area (Å²) in [5.74, 6) is 0.955. The Bertz CT molecular complexity index is 975. The zero-order valence-electron chi connectivity index (χ0n) is 17.4. The number of rotatable bonds is 10. The first kappa shape index (κ1) is 24.7. The van der Waals surface area contributed by atoms with Gasteiger partial charge in [-0.2, -0.15) is 4.31 Å². The molecule has 0 aliphatic rings. The van der Waals surface area contributed by atoms with Crippen LogP contribution >= 0.6 is 23.2 Å². The molecule has 0 N–H and O–H groups in total. The molecule has 0 aliphatic heterocycles. The molecular formula is C20H26Cl2N2O5S. The molecule has 7 nitrogen and oxygen atoms in total. The number of amides is 1. The molecule has 1 heterocycles. The van der Waals surface area contributed by atoms with Crippen LogP contribution in [0.3, 0.4) is 0 Å². The highest BCUT2D eigenvalue weighted by Gasteiger charge is 2.32. The van der Waals surface area contributed by atoms with Crippen molar-refractivity contribution in [3.63, 3.8) is 0 Å². The predicted molar refractivity (Wildman–Crippen MR) is 116 cm³/mol. The number of hydrogen-bond acceptors (Lipinski definition) is 5. The minimum Gasteiger partial charge on any atom is -0.464 e. The van der Waals surface area contributed by atoms with E-state index in [0.717, 1.165) is 10.1 Å². The minimum atomic E-state index is -4.06. The average molecular weight is 477 g/mol. The van der Waals surface area contributed by atoms with E-state index in [1.807, 2.05) is 6.92 Å². The maximum Gasteiger partial charge on any atom is 0.245 e. The van der Waals surface area contributed by atoms with Crippen LogP contribution in [0.5, 0.6) is 0 Å². The molecule has 2 rings (SSSR count). The fraction of sp³-hybridized carbons (Fsp3) is 0.450. The Hall–Kier alpha value is -1.58.